The Bertz CT molecular complexity index is 805. The van der Waals surface area contributed by atoms with E-state index in [2.05, 4.69) is 16.0 Å². The van der Waals surface area contributed by atoms with Crippen molar-refractivity contribution in [3.8, 4) is 0 Å². The van der Waals surface area contributed by atoms with Crippen molar-refractivity contribution in [1.82, 2.24) is 10.6 Å². The van der Waals surface area contributed by atoms with Gasteiger partial charge >= 0.3 is 5.97 Å². The SMILES string of the molecule is O=C(Nc1ccc(C(=O)N[C@@H]2CN[C@H](C(=O)O)C2)cc1)c1ccccc1. The van der Waals surface area contributed by atoms with Crippen molar-refractivity contribution in [3.63, 3.8) is 0 Å². The molecule has 1 heterocycles. The fourth-order valence-electron chi connectivity index (χ4n) is 2.80. The Labute approximate surface area is 150 Å². The van der Waals surface area contributed by atoms with E-state index < -0.39 is 12.0 Å². The van der Waals surface area contributed by atoms with E-state index >= 15 is 0 Å². The number of amides is 2. The van der Waals surface area contributed by atoms with Crippen molar-refractivity contribution in [3.05, 3.63) is 65.7 Å². The Morgan fingerprint density at radius 3 is 2.19 bits per heavy atom. The van der Waals surface area contributed by atoms with E-state index in [1.807, 2.05) is 6.07 Å². The molecule has 4 N–H and O–H groups in total. The van der Waals surface area contributed by atoms with Crippen LogP contribution in [0.4, 0.5) is 5.69 Å². The number of anilines is 1. The topological polar surface area (TPSA) is 108 Å². The third-order valence-electron chi connectivity index (χ3n) is 4.21. The molecule has 1 aliphatic heterocycles. The quantitative estimate of drug-likeness (QED) is 0.651. The maximum absolute atomic E-state index is 12.3. The van der Waals surface area contributed by atoms with Gasteiger partial charge in [-0.1, -0.05) is 18.2 Å². The first-order valence-corrected chi connectivity index (χ1v) is 8.26. The molecule has 2 atom stereocenters. The van der Waals surface area contributed by atoms with Crippen LogP contribution in [0.5, 0.6) is 0 Å². The minimum atomic E-state index is -0.916. The molecule has 7 nitrogen and oxygen atoms in total. The molecule has 26 heavy (non-hydrogen) atoms. The van der Waals surface area contributed by atoms with Gasteiger partial charge < -0.3 is 21.1 Å². The van der Waals surface area contributed by atoms with Crippen LogP contribution in [0.25, 0.3) is 0 Å². The number of hydrogen-bond acceptors (Lipinski definition) is 4. The summed E-state index contributed by atoms with van der Waals surface area (Å²) in [7, 11) is 0. The van der Waals surface area contributed by atoms with Crippen LogP contribution in [0.3, 0.4) is 0 Å². The lowest BCUT2D eigenvalue weighted by molar-refractivity contribution is -0.139. The van der Waals surface area contributed by atoms with Crippen LogP contribution in [-0.4, -0.2) is 41.5 Å². The summed E-state index contributed by atoms with van der Waals surface area (Å²) in [6.07, 6.45) is 0.353. The van der Waals surface area contributed by atoms with Crippen molar-refractivity contribution >= 4 is 23.5 Å². The van der Waals surface area contributed by atoms with Crippen molar-refractivity contribution in [2.24, 2.45) is 0 Å². The molecule has 0 saturated carbocycles. The highest BCUT2D eigenvalue weighted by Crippen LogP contribution is 2.13. The Balaban J connectivity index is 1.56. The zero-order valence-corrected chi connectivity index (χ0v) is 13.9. The molecule has 2 aromatic rings. The van der Waals surface area contributed by atoms with Gasteiger partial charge in [0.15, 0.2) is 0 Å². The fourth-order valence-corrected chi connectivity index (χ4v) is 2.80. The predicted octanol–water partition coefficient (Wildman–Crippen LogP) is 1.48. The third-order valence-corrected chi connectivity index (χ3v) is 4.21. The summed E-state index contributed by atoms with van der Waals surface area (Å²) in [6.45, 7) is 0.425. The maximum atomic E-state index is 12.3. The minimum absolute atomic E-state index is 0.221. The molecule has 1 saturated heterocycles. The molecule has 134 valence electrons. The number of aliphatic carboxylic acids is 1. The Morgan fingerprint density at radius 1 is 0.923 bits per heavy atom. The second-order valence-electron chi connectivity index (χ2n) is 6.10. The van der Waals surface area contributed by atoms with Gasteiger partial charge in [-0.05, 0) is 42.8 Å². The van der Waals surface area contributed by atoms with Gasteiger partial charge in [0, 0.05) is 29.4 Å². The maximum Gasteiger partial charge on any atom is 0.320 e. The van der Waals surface area contributed by atoms with E-state index in [0.717, 1.165) is 0 Å². The second-order valence-corrected chi connectivity index (χ2v) is 6.10. The molecule has 0 spiro atoms. The lowest BCUT2D eigenvalue weighted by atomic mass is 10.1. The predicted molar refractivity (Wildman–Crippen MR) is 96.1 cm³/mol. The lowest BCUT2D eigenvalue weighted by Crippen LogP contribution is -2.36. The summed E-state index contributed by atoms with van der Waals surface area (Å²) in [5.74, 6) is -1.41. The molecule has 0 aromatic heterocycles. The number of carbonyl (C=O) groups excluding carboxylic acids is 2. The number of nitrogens with one attached hydrogen (secondary N) is 3. The Kier molecular flexibility index (Phi) is 5.28. The number of carboxylic acids is 1. The summed E-state index contributed by atoms with van der Waals surface area (Å²) in [6, 6.07) is 14.5. The van der Waals surface area contributed by atoms with Crippen LogP contribution in [0.2, 0.25) is 0 Å². The van der Waals surface area contributed by atoms with Crippen LogP contribution in [0.1, 0.15) is 27.1 Å². The van der Waals surface area contributed by atoms with E-state index in [0.29, 0.717) is 29.8 Å². The van der Waals surface area contributed by atoms with Crippen molar-refractivity contribution in [2.45, 2.75) is 18.5 Å². The van der Waals surface area contributed by atoms with Crippen molar-refractivity contribution < 1.29 is 19.5 Å². The van der Waals surface area contributed by atoms with Gasteiger partial charge in [0.25, 0.3) is 11.8 Å². The first-order valence-electron chi connectivity index (χ1n) is 8.26. The van der Waals surface area contributed by atoms with E-state index in [-0.39, 0.29) is 17.9 Å². The number of rotatable bonds is 5. The average molecular weight is 353 g/mol. The number of benzene rings is 2. The van der Waals surface area contributed by atoms with Gasteiger partial charge in [-0.2, -0.15) is 0 Å². The summed E-state index contributed by atoms with van der Waals surface area (Å²) in [5.41, 5.74) is 1.58. The van der Waals surface area contributed by atoms with Crippen molar-refractivity contribution in [2.75, 3.05) is 11.9 Å². The zero-order chi connectivity index (χ0) is 18.5. The van der Waals surface area contributed by atoms with E-state index in [9.17, 15) is 14.4 Å². The first kappa shape index (κ1) is 17.6. The molecule has 1 aliphatic rings. The van der Waals surface area contributed by atoms with Crippen LogP contribution in [0.15, 0.2) is 54.6 Å². The average Bonchev–Trinajstić information content (AvgIpc) is 3.12. The van der Waals surface area contributed by atoms with Crippen LogP contribution in [-0.2, 0) is 4.79 Å². The molecule has 1 fully saturated rings. The molecule has 3 rings (SSSR count). The number of carbonyl (C=O) groups is 3. The standard InChI is InChI=1S/C19H19N3O4/c23-17(12-4-2-1-3-5-12)21-14-8-6-13(7-9-14)18(24)22-15-10-16(19(25)26)20-11-15/h1-9,15-16,20H,10-11H2,(H,21,23)(H,22,24)(H,25,26)/t15-,16-/m0/s1. The van der Waals surface area contributed by atoms with E-state index in [1.54, 1.807) is 48.5 Å². The third kappa shape index (κ3) is 4.25. The molecule has 7 heteroatoms. The Morgan fingerprint density at radius 2 is 1.58 bits per heavy atom. The molecule has 2 aromatic carbocycles. The largest absolute Gasteiger partial charge is 0.480 e. The smallest absolute Gasteiger partial charge is 0.320 e. The highest BCUT2D eigenvalue weighted by atomic mass is 16.4. The van der Waals surface area contributed by atoms with E-state index in [4.69, 9.17) is 5.11 Å². The van der Waals surface area contributed by atoms with Gasteiger partial charge in [0.1, 0.15) is 6.04 Å². The molecular weight excluding hydrogens is 334 g/mol. The summed E-state index contributed by atoms with van der Waals surface area (Å²) in [4.78, 5) is 35.3. The molecule has 0 unspecified atom stereocenters. The summed E-state index contributed by atoms with van der Waals surface area (Å²) < 4.78 is 0. The minimum Gasteiger partial charge on any atom is -0.480 e. The van der Waals surface area contributed by atoms with Gasteiger partial charge in [-0.15, -0.1) is 0 Å². The van der Waals surface area contributed by atoms with Gasteiger partial charge in [0.05, 0.1) is 0 Å². The molecule has 2 amide bonds. The van der Waals surface area contributed by atoms with Gasteiger partial charge in [-0.3, -0.25) is 14.4 Å². The lowest BCUT2D eigenvalue weighted by Gasteiger charge is -2.12. The number of hydrogen-bond donors (Lipinski definition) is 4. The molecule has 0 radical (unpaired) electrons. The van der Waals surface area contributed by atoms with Crippen LogP contribution < -0.4 is 16.0 Å². The molecular formula is C19H19N3O4. The highest BCUT2D eigenvalue weighted by molar-refractivity contribution is 6.04. The first-order chi connectivity index (χ1) is 12.5. The van der Waals surface area contributed by atoms with Crippen LogP contribution in [0, 0.1) is 0 Å². The molecule has 0 aliphatic carbocycles. The number of carboxylic acid groups (broad SMARTS) is 1. The van der Waals surface area contributed by atoms with Crippen LogP contribution >= 0.6 is 0 Å². The van der Waals surface area contributed by atoms with Gasteiger partial charge in [0.2, 0.25) is 0 Å². The van der Waals surface area contributed by atoms with Gasteiger partial charge in [-0.25, -0.2) is 0 Å². The van der Waals surface area contributed by atoms with Crippen molar-refractivity contribution in [1.29, 1.82) is 0 Å². The summed E-state index contributed by atoms with van der Waals surface area (Å²) in [5, 5.41) is 17.4. The fraction of sp³-hybridized carbons (Fsp3) is 0.211. The second kappa shape index (κ2) is 7.79. The van der Waals surface area contributed by atoms with E-state index in [1.165, 1.54) is 0 Å². The molecule has 0 bridgehead atoms. The zero-order valence-electron chi connectivity index (χ0n) is 13.9. The monoisotopic (exact) mass is 353 g/mol. The Hall–Kier alpha value is -3.19. The normalized spacial score (nSPS) is 18.9. The highest BCUT2D eigenvalue weighted by Gasteiger charge is 2.30. The summed E-state index contributed by atoms with van der Waals surface area (Å²) >= 11 is 0.